The summed E-state index contributed by atoms with van der Waals surface area (Å²) in [5.41, 5.74) is 1.34. The minimum Gasteiger partial charge on any atom is -0.265 e. The maximum Gasteiger partial charge on any atom is 0.194 e. The van der Waals surface area contributed by atoms with E-state index in [1.165, 1.54) is 0 Å². The van der Waals surface area contributed by atoms with Crippen LogP contribution in [0.2, 0.25) is 0 Å². The van der Waals surface area contributed by atoms with Gasteiger partial charge in [0.25, 0.3) is 0 Å². The highest BCUT2D eigenvalue weighted by Crippen LogP contribution is 2.38. The lowest BCUT2D eigenvalue weighted by atomic mass is 9.94. The molecule has 19 heavy (non-hydrogen) atoms. The van der Waals surface area contributed by atoms with E-state index in [-0.39, 0.29) is 10.7 Å². The van der Waals surface area contributed by atoms with Crippen LogP contribution >= 0.6 is 15.9 Å². The quantitative estimate of drug-likeness (QED) is 0.585. The van der Waals surface area contributed by atoms with E-state index in [2.05, 4.69) is 20.9 Å². The molecule has 0 aliphatic heterocycles. The summed E-state index contributed by atoms with van der Waals surface area (Å²) < 4.78 is 39.4. The molecule has 1 aromatic carbocycles. The van der Waals surface area contributed by atoms with Crippen molar-refractivity contribution < 1.29 is 13.2 Å². The molecule has 1 aromatic heterocycles. The van der Waals surface area contributed by atoms with Crippen LogP contribution in [-0.2, 0) is 0 Å². The van der Waals surface area contributed by atoms with Gasteiger partial charge in [-0.25, -0.2) is 13.2 Å². The zero-order valence-electron chi connectivity index (χ0n) is 10.1. The predicted molar refractivity (Wildman–Crippen MR) is 70.6 cm³/mol. The van der Waals surface area contributed by atoms with E-state index in [0.29, 0.717) is 5.56 Å². The molecule has 5 heteroatoms. The highest BCUT2D eigenvalue weighted by molar-refractivity contribution is 9.09. The molecule has 0 radical (unpaired) electrons. The monoisotopic (exact) mass is 329 g/mol. The molecule has 0 fully saturated rings. The molecule has 0 N–H and O–H groups in total. The average molecular weight is 330 g/mol. The zero-order valence-corrected chi connectivity index (χ0v) is 11.7. The van der Waals surface area contributed by atoms with Crippen molar-refractivity contribution in [2.75, 3.05) is 0 Å². The smallest absolute Gasteiger partial charge is 0.194 e. The first-order valence-electron chi connectivity index (χ1n) is 5.69. The van der Waals surface area contributed by atoms with Crippen molar-refractivity contribution in [3.63, 3.8) is 0 Å². The maximum atomic E-state index is 13.2. The van der Waals surface area contributed by atoms with Crippen LogP contribution in [0, 0.1) is 17.5 Å². The van der Waals surface area contributed by atoms with Gasteiger partial charge >= 0.3 is 0 Å². The Morgan fingerprint density at radius 1 is 1.00 bits per heavy atom. The molecule has 0 aliphatic carbocycles. The fourth-order valence-corrected chi connectivity index (χ4v) is 2.43. The van der Waals surface area contributed by atoms with Crippen molar-refractivity contribution in [1.82, 2.24) is 4.98 Å². The fourth-order valence-electron chi connectivity index (χ4n) is 1.86. The van der Waals surface area contributed by atoms with Gasteiger partial charge in [-0.1, -0.05) is 22.9 Å². The first-order valence-corrected chi connectivity index (χ1v) is 6.60. The minimum absolute atomic E-state index is 0.0349. The lowest BCUT2D eigenvalue weighted by Gasteiger charge is -2.19. The minimum atomic E-state index is -1.44. The van der Waals surface area contributed by atoms with Crippen LogP contribution in [0.15, 0.2) is 36.7 Å². The number of rotatable bonds is 3. The molecule has 0 amide bonds. The van der Waals surface area contributed by atoms with E-state index < -0.39 is 17.5 Å². The van der Waals surface area contributed by atoms with E-state index in [1.54, 1.807) is 12.4 Å². The van der Waals surface area contributed by atoms with Gasteiger partial charge in [0.2, 0.25) is 0 Å². The summed E-state index contributed by atoms with van der Waals surface area (Å²) in [4.78, 5) is 3.59. The van der Waals surface area contributed by atoms with Crippen LogP contribution in [0.3, 0.4) is 0 Å². The SMILES string of the molecule is CC(c1ccncc1)C(Br)c1cc(F)c(F)c(F)c1. The third-order valence-corrected chi connectivity index (χ3v) is 4.32. The van der Waals surface area contributed by atoms with Gasteiger partial charge in [-0.15, -0.1) is 0 Å². The van der Waals surface area contributed by atoms with Gasteiger partial charge in [0, 0.05) is 17.2 Å². The Hall–Kier alpha value is -1.36. The van der Waals surface area contributed by atoms with E-state index in [4.69, 9.17) is 0 Å². The number of hydrogen-bond acceptors (Lipinski definition) is 1. The van der Waals surface area contributed by atoms with E-state index in [1.807, 2.05) is 19.1 Å². The molecule has 0 saturated heterocycles. The standard InChI is InChI=1S/C14H11BrF3N/c1-8(9-2-4-19-5-3-9)13(15)10-6-11(16)14(18)12(17)7-10/h2-8,13H,1H3. The molecular formula is C14H11BrF3N. The molecule has 2 atom stereocenters. The molecular weight excluding hydrogens is 319 g/mol. The van der Waals surface area contributed by atoms with E-state index >= 15 is 0 Å². The van der Waals surface area contributed by atoms with Crippen LogP contribution in [0.4, 0.5) is 13.2 Å². The van der Waals surface area contributed by atoms with Crippen molar-refractivity contribution in [3.05, 3.63) is 65.2 Å². The summed E-state index contributed by atoms with van der Waals surface area (Å²) in [5.74, 6) is -3.84. The highest BCUT2D eigenvalue weighted by atomic mass is 79.9. The number of alkyl halides is 1. The second kappa shape index (κ2) is 5.74. The summed E-state index contributed by atoms with van der Waals surface area (Å²) in [6.45, 7) is 1.91. The largest absolute Gasteiger partial charge is 0.265 e. The summed E-state index contributed by atoms with van der Waals surface area (Å²) in [6, 6.07) is 5.68. The molecule has 1 nitrogen and oxygen atoms in total. The molecule has 2 aromatic rings. The van der Waals surface area contributed by atoms with E-state index in [0.717, 1.165) is 17.7 Å². The number of pyridine rings is 1. The normalized spacial score (nSPS) is 14.2. The van der Waals surface area contributed by atoms with Crippen molar-refractivity contribution >= 4 is 15.9 Å². The Kier molecular flexibility index (Phi) is 4.24. The van der Waals surface area contributed by atoms with Gasteiger partial charge in [-0.2, -0.15) is 0 Å². The summed E-state index contributed by atoms with van der Waals surface area (Å²) in [7, 11) is 0. The molecule has 0 saturated carbocycles. The second-order valence-electron chi connectivity index (χ2n) is 4.27. The highest BCUT2D eigenvalue weighted by Gasteiger charge is 2.21. The van der Waals surface area contributed by atoms with Crippen LogP contribution in [0.5, 0.6) is 0 Å². The van der Waals surface area contributed by atoms with Crippen LogP contribution in [-0.4, -0.2) is 4.98 Å². The number of aromatic nitrogens is 1. The summed E-state index contributed by atoms with van der Waals surface area (Å²) >= 11 is 3.40. The third-order valence-electron chi connectivity index (χ3n) is 3.00. The Morgan fingerprint density at radius 2 is 1.53 bits per heavy atom. The van der Waals surface area contributed by atoms with Crippen molar-refractivity contribution in [1.29, 1.82) is 0 Å². The van der Waals surface area contributed by atoms with Crippen molar-refractivity contribution in [2.45, 2.75) is 17.7 Å². The van der Waals surface area contributed by atoms with Gasteiger partial charge in [-0.3, -0.25) is 4.98 Å². The van der Waals surface area contributed by atoms with Crippen molar-refractivity contribution in [2.24, 2.45) is 0 Å². The fraction of sp³-hybridized carbons (Fsp3) is 0.214. The van der Waals surface area contributed by atoms with Gasteiger partial charge in [0.1, 0.15) is 0 Å². The Morgan fingerprint density at radius 3 is 2.05 bits per heavy atom. The Labute approximate surface area is 117 Å². The lowest BCUT2D eigenvalue weighted by molar-refractivity contribution is 0.444. The first kappa shape index (κ1) is 14.1. The number of nitrogens with zero attached hydrogens (tertiary/aromatic N) is 1. The Bertz CT molecular complexity index is 551. The second-order valence-corrected chi connectivity index (χ2v) is 5.26. The number of hydrogen-bond donors (Lipinski definition) is 0. The van der Waals surface area contributed by atoms with Crippen LogP contribution in [0.25, 0.3) is 0 Å². The molecule has 2 unspecified atom stereocenters. The number of benzene rings is 1. The molecule has 0 aliphatic rings. The summed E-state index contributed by atoms with van der Waals surface area (Å²) in [6.07, 6.45) is 3.30. The Balaban J connectivity index is 2.32. The van der Waals surface area contributed by atoms with Crippen molar-refractivity contribution in [3.8, 4) is 0 Å². The van der Waals surface area contributed by atoms with Crippen LogP contribution in [0.1, 0.15) is 28.8 Å². The summed E-state index contributed by atoms with van der Waals surface area (Å²) in [5, 5.41) is 0. The third kappa shape index (κ3) is 2.97. The van der Waals surface area contributed by atoms with Gasteiger partial charge in [0.05, 0.1) is 0 Å². The van der Waals surface area contributed by atoms with Crippen LogP contribution < -0.4 is 0 Å². The topological polar surface area (TPSA) is 12.9 Å². The first-order chi connectivity index (χ1) is 9.00. The van der Waals surface area contributed by atoms with Gasteiger partial charge < -0.3 is 0 Å². The average Bonchev–Trinajstić information content (AvgIpc) is 2.43. The lowest BCUT2D eigenvalue weighted by Crippen LogP contribution is -2.04. The predicted octanol–water partition coefficient (Wildman–Crippen LogP) is 4.74. The molecule has 0 spiro atoms. The molecule has 2 rings (SSSR count). The zero-order chi connectivity index (χ0) is 14.0. The molecule has 1 heterocycles. The maximum absolute atomic E-state index is 13.2. The van der Waals surface area contributed by atoms with Gasteiger partial charge in [-0.05, 0) is 41.3 Å². The molecule has 0 bridgehead atoms. The van der Waals surface area contributed by atoms with E-state index in [9.17, 15) is 13.2 Å². The number of halogens is 4. The van der Waals surface area contributed by atoms with Gasteiger partial charge in [0.15, 0.2) is 17.5 Å². The molecule has 100 valence electrons.